The maximum Gasteiger partial charge on any atom is 0.439 e. The Morgan fingerprint density at radius 3 is 2.74 bits per heavy atom. The first-order valence-electron chi connectivity index (χ1n) is 11.2. The largest absolute Gasteiger partial charge is 0.439 e. The van der Waals surface area contributed by atoms with Gasteiger partial charge < -0.3 is 5.32 Å². The van der Waals surface area contributed by atoms with Crippen LogP contribution in [0.25, 0.3) is 22.6 Å². The number of rotatable bonds is 5. The van der Waals surface area contributed by atoms with Crippen molar-refractivity contribution in [1.82, 2.24) is 30.2 Å². The third-order valence-electron chi connectivity index (χ3n) is 6.11. The molecule has 1 saturated heterocycles. The monoisotopic (exact) mass is 459 g/mol. The van der Waals surface area contributed by atoms with Crippen molar-refractivity contribution >= 4 is 11.7 Å². The van der Waals surface area contributed by atoms with Crippen LogP contribution in [0.1, 0.15) is 28.8 Å². The highest BCUT2D eigenvalue weighted by Gasteiger charge is 2.29. The highest BCUT2D eigenvalue weighted by Crippen LogP contribution is 2.30. The number of nitrogens with zero attached hydrogens (tertiary/aromatic N) is 5. The van der Waals surface area contributed by atoms with E-state index in [-0.39, 0.29) is 11.9 Å². The lowest BCUT2D eigenvalue weighted by Gasteiger charge is -2.34. The van der Waals surface area contributed by atoms with Gasteiger partial charge in [-0.3, -0.25) is 23.9 Å². The summed E-state index contributed by atoms with van der Waals surface area (Å²) in [4.78, 5) is 34.1. The average Bonchev–Trinajstić information content (AvgIpc) is 3.46. The second kappa shape index (κ2) is 9.06. The molecule has 34 heavy (non-hydrogen) atoms. The van der Waals surface area contributed by atoms with Crippen molar-refractivity contribution in [3.63, 3.8) is 0 Å². The predicted octanol–water partition coefficient (Wildman–Crippen LogP) is 2.53. The number of hydrogen-bond acceptors (Lipinski definition) is 7. The number of carbonyl (C=O) groups excluding carboxylic acids is 1. The Balaban J connectivity index is 1.48. The van der Waals surface area contributed by atoms with E-state index in [0.717, 1.165) is 42.6 Å². The van der Waals surface area contributed by atoms with Gasteiger partial charge in [-0.15, -0.1) is 0 Å². The predicted molar refractivity (Wildman–Crippen MR) is 126 cm³/mol. The SMILES string of the molecule is Cc1cccnc1N(C(=O)c1ccc(-c2cnn(C)c2-c2noc(=O)[nH]2)cc1)[C@@H]1CCCNC1. The van der Waals surface area contributed by atoms with Gasteiger partial charge in [0, 0.05) is 30.9 Å². The zero-order valence-corrected chi connectivity index (χ0v) is 19.0. The van der Waals surface area contributed by atoms with Gasteiger partial charge in [0.05, 0.1) is 12.2 Å². The van der Waals surface area contributed by atoms with Gasteiger partial charge >= 0.3 is 5.76 Å². The molecule has 4 heterocycles. The maximum absolute atomic E-state index is 13.7. The van der Waals surface area contributed by atoms with Crippen molar-refractivity contribution in [3.8, 4) is 22.6 Å². The Morgan fingerprint density at radius 1 is 1.24 bits per heavy atom. The second-order valence-corrected chi connectivity index (χ2v) is 8.37. The van der Waals surface area contributed by atoms with E-state index in [4.69, 9.17) is 0 Å². The summed E-state index contributed by atoms with van der Waals surface area (Å²) in [5.41, 5.74) is 3.74. The molecule has 1 aromatic carbocycles. The number of carbonyl (C=O) groups is 1. The molecule has 1 atom stereocenters. The third-order valence-corrected chi connectivity index (χ3v) is 6.11. The highest BCUT2D eigenvalue weighted by atomic mass is 16.5. The van der Waals surface area contributed by atoms with Gasteiger partial charge in [-0.25, -0.2) is 9.78 Å². The zero-order valence-electron chi connectivity index (χ0n) is 19.0. The van der Waals surface area contributed by atoms with E-state index in [1.807, 2.05) is 48.2 Å². The minimum Gasteiger partial charge on any atom is -0.315 e. The molecule has 1 aliphatic rings. The summed E-state index contributed by atoms with van der Waals surface area (Å²) in [6.45, 7) is 3.66. The van der Waals surface area contributed by atoms with E-state index >= 15 is 0 Å². The van der Waals surface area contributed by atoms with Crippen LogP contribution in [0.2, 0.25) is 0 Å². The fourth-order valence-electron chi connectivity index (χ4n) is 4.41. The van der Waals surface area contributed by atoms with Crippen molar-refractivity contribution in [2.45, 2.75) is 25.8 Å². The highest BCUT2D eigenvalue weighted by molar-refractivity contribution is 6.06. The summed E-state index contributed by atoms with van der Waals surface area (Å²) in [6.07, 6.45) is 5.34. The quantitative estimate of drug-likeness (QED) is 0.470. The van der Waals surface area contributed by atoms with Crippen molar-refractivity contribution in [1.29, 1.82) is 0 Å². The van der Waals surface area contributed by atoms with Crippen LogP contribution < -0.4 is 16.0 Å². The molecule has 0 aliphatic carbocycles. The Labute approximate surface area is 195 Å². The van der Waals surface area contributed by atoms with Crippen molar-refractivity contribution in [3.05, 3.63) is 70.5 Å². The van der Waals surface area contributed by atoms with Crippen LogP contribution in [0.3, 0.4) is 0 Å². The lowest BCUT2D eigenvalue weighted by atomic mass is 10.0. The van der Waals surface area contributed by atoms with Gasteiger partial charge in [0.1, 0.15) is 11.5 Å². The smallest absolute Gasteiger partial charge is 0.315 e. The van der Waals surface area contributed by atoms with Crippen LogP contribution in [0.5, 0.6) is 0 Å². The first kappa shape index (κ1) is 21.8. The standard InChI is InChI=1S/C24H25N7O3/c1-15-5-3-12-26-22(15)31(18-6-4-11-25-13-18)23(32)17-9-7-16(8-10-17)19-14-27-30(2)20(19)21-28-24(33)34-29-21/h3,5,7-10,12,14,18,25H,4,6,11,13H2,1-2H3,(H,28,29,33)/t18-/m1/s1. The topological polar surface area (TPSA) is 122 Å². The van der Waals surface area contributed by atoms with Crippen LogP contribution >= 0.6 is 0 Å². The Hall–Kier alpha value is -4.05. The molecule has 10 heteroatoms. The molecular weight excluding hydrogens is 434 g/mol. The zero-order chi connectivity index (χ0) is 23.7. The number of H-pyrrole nitrogens is 1. The van der Waals surface area contributed by atoms with E-state index < -0.39 is 5.76 Å². The van der Waals surface area contributed by atoms with Crippen molar-refractivity contribution < 1.29 is 9.32 Å². The minimum atomic E-state index is -0.634. The summed E-state index contributed by atoms with van der Waals surface area (Å²) in [6, 6.07) is 11.2. The van der Waals surface area contributed by atoms with Gasteiger partial charge in [-0.05, 0) is 55.6 Å². The molecule has 4 aromatic rings. The number of pyridine rings is 1. The third kappa shape index (κ3) is 4.03. The Kier molecular flexibility index (Phi) is 5.81. The van der Waals surface area contributed by atoms with Gasteiger partial charge in [0.15, 0.2) is 0 Å². The van der Waals surface area contributed by atoms with E-state index in [1.54, 1.807) is 24.1 Å². The molecule has 1 aliphatic heterocycles. The van der Waals surface area contributed by atoms with E-state index in [0.29, 0.717) is 22.9 Å². The molecule has 174 valence electrons. The van der Waals surface area contributed by atoms with Crippen LogP contribution in [0, 0.1) is 6.92 Å². The molecule has 0 unspecified atom stereocenters. The molecule has 10 nitrogen and oxygen atoms in total. The lowest BCUT2D eigenvalue weighted by Crippen LogP contribution is -2.49. The Morgan fingerprint density at radius 2 is 2.06 bits per heavy atom. The number of benzene rings is 1. The molecule has 2 N–H and O–H groups in total. The molecular formula is C24H25N7O3. The lowest BCUT2D eigenvalue weighted by molar-refractivity contribution is 0.0971. The second-order valence-electron chi connectivity index (χ2n) is 8.37. The molecule has 0 spiro atoms. The maximum atomic E-state index is 13.7. The number of nitrogens with one attached hydrogen (secondary N) is 2. The summed E-state index contributed by atoms with van der Waals surface area (Å²) in [5.74, 6) is 0.260. The average molecular weight is 460 g/mol. The fourth-order valence-corrected chi connectivity index (χ4v) is 4.41. The number of anilines is 1. The Bertz CT molecular complexity index is 1360. The number of aromatic nitrogens is 5. The number of aromatic amines is 1. The van der Waals surface area contributed by atoms with Gasteiger partial charge in [-0.2, -0.15) is 5.10 Å². The summed E-state index contributed by atoms with van der Waals surface area (Å²) < 4.78 is 6.27. The van der Waals surface area contributed by atoms with E-state index in [1.165, 1.54) is 0 Å². The van der Waals surface area contributed by atoms with Crippen LogP contribution in [0.15, 0.2) is 58.1 Å². The minimum absolute atomic E-state index is 0.0310. The van der Waals surface area contributed by atoms with E-state index in [9.17, 15) is 9.59 Å². The molecule has 0 bridgehead atoms. The first-order chi connectivity index (χ1) is 16.5. The number of aryl methyl sites for hydroxylation is 2. The van der Waals surface area contributed by atoms with Gasteiger partial charge in [0.2, 0.25) is 5.82 Å². The number of piperidine rings is 1. The van der Waals surface area contributed by atoms with Crippen molar-refractivity contribution in [2.75, 3.05) is 18.0 Å². The summed E-state index contributed by atoms with van der Waals surface area (Å²) in [7, 11) is 1.76. The first-order valence-corrected chi connectivity index (χ1v) is 11.2. The van der Waals surface area contributed by atoms with Crippen LogP contribution in [-0.2, 0) is 7.05 Å². The molecule has 5 rings (SSSR count). The number of hydrogen-bond donors (Lipinski definition) is 2. The summed E-state index contributed by atoms with van der Waals surface area (Å²) >= 11 is 0. The molecule has 0 radical (unpaired) electrons. The van der Waals surface area contributed by atoms with Gasteiger partial charge in [0.25, 0.3) is 5.91 Å². The molecule has 1 amide bonds. The molecule has 0 saturated carbocycles. The van der Waals surface area contributed by atoms with E-state index in [2.05, 4.69) is 30.1 Å². The molecule has 1 fully saturated rings. The fraction of sp³-hybridized carbons (Fsp3) is 0.292. The molecule has 3 aromatic heterocycles. The summed E-state index contributed by atoms with van der Waals surface area (Å²) in [5, 5.41) is 11.5. The van der Waals surface area contributed by atoms with Crippen LogP contribution in [-0.4, -0.2) is 49.9 Å². The van der Waals surface area contributed by atoms with Crippen molar-refractivity contribution in [2.24, 2.45) is 7.05 Å². The number of amides is 1. The van der Waals surface area contributed by atoms with Gasteiger partial charge in [-0.1, -0.05) is 23.4 Å². The normalized spacial score (nSPS) is 15.9. The van der Waals surface area contributed by atoms with Crippen LogP contribution in [0.4, 0.5) is 5.82 Å².